The van der Waals surface area contributed by atoms with E-state index in [0.717, 1.165) is 19.3 Å². The molecule has 9 rings (SSSR count). The molecule has 4 saturated carbocycles. The molecule has 10 nitrogen and oxygen atoms in total. The van der Waals surface area contributed by atoms with Crippen molar-refractivity contribution in [3.63, 3.8) is 0 Å². The van der Waals surface area contributed by atoms with E-state index < -0.39 is 5.97 Å². The summed E-state index contributed by atoms with van der Waals surface area (Å²) in [4.78, 5) is 12.6. The first kappa shape index (κ1) is 31.0. The van der Waals surface area contributed by atoms with Gasteiger partial charge < -0.3 is 5.11 Å². The van der Waals surface area contributed by atoms with E-state index in [1.165, 1.54) is 77.0 Å². The first-order valence-corrected chi connectivity index (χ1v) is 18.4. The summed E-state index contributed by atoms with van der Waals surface area (Å²) in [5, 5.41) is 43.3. The number of rotatable bonds is 1. The van der Waals surface area contributed by atoms with Crippen molar-refractivity contribution in [2.24, 2.45) is 53.3 Å². The third-order valence-electron chi connectivity index (χ3n) is 14.2. The molecular weight excluding hydrogens is 596 g/mol. The Labute approximate surface area is 273 Å². The Hall–Kier alpha value is -0.331. The quantitative estimate of drug-likeness (QED) is 0.194. The summed E-state index contributed by atoms with van der Waals surface area (Å²) in [7, 11) is 0. The predicted octanol–water partition coefficient (Wildman–Crippen LogP) is 1.91. The Kier molecular flexibility index (Phi) is 8.87. The topological polar surface area (TPSA) is 134 Å². The van der Waals surface area contributed by atoms with Gasteiger partial charge in [0.05, 0.1) is 55.2 Å². The molecule has 0 radical (unpaired) electrons. The largest absolute Gasteiger partial charge is 0.481 e. The second kappa shape index (κ2) is 12.6. The van der Waals surface area contributed by atoms with Crippen LogP contribution in [0.3, 0.4) is 0 Å². The Morgan fingerprint density at radius 1 is 0.386 bits per heavy atom. The molecule has 5 aliphatic heterocycles. The summed E-state index contributed by atoms with van der Waals surface area (Å²) < 4.78 is 0. The van der Waals surface area contributed by atoms with Gasteiger partial charge in [0, 0.05) is 23.0 Å². The fourth-order valence-electron chi connectivity index (χ4n) is 12.3. The summed E-state index contributed by atoms with van der Waals surface area (Å²) in [6.45, 7) is 0. The van der Waals surface area contributed by atoms with Gasteiger partial charge >= 0.3 is 5.97 Å². The first-order chi connectivity index (χ1) is 21.1. The minimum atomic E-state index is -0.607. The van der Waals surface area contributed by atoms with E-state index in [-0.39, 0.29) is 53.6 Å². The van der Waals surface area contributed by atoms with Crippen molar-refractivity contribution < 1.29 is 27.0 Å². The van der Waals surface area contributed by atoms with Gasteiger partial charge in [-0.05, 0) is 92.8 Å². The van der Waals surface area contributed by atoms with E-state index in [1.807, 2.05) is 0 Å². The van der Waals surface area contributed by atoms with Gasteiger partial charge in [0.2, 0.25) is 0 Å². The van der Waals surface area contributed by atoms with Crippen LogP contribution in [0, 0.1) is 53.3 Å². The van der Waals surface area contributed by atoms with Crippen LogP contribution in [-0.4, -0.2) is 60.4 Å². The first-order valence-electron chi connectivity index (χ1n) is 18.4. The predicted molar refractivity (Wildman–Crippen MR) is 164 cm³/mol. The maximum Gasteiger partial charge on any atom is 0.306 e. The standard InChI is InChI=1S/C33H56N8O2.Fe/c42-33(43)23-15-7-14-22-24(23)32-40-30-21-13-6-5-12-20(21)28(38-30)36-26-17-9-2-1-8-16(17)25(34-26)35-27-18-10-3-4-11-19(18)29(37-27)39-31(22)41-32;/h16-32,34-41H,1-15H2,(H,42,43);. The van der Waals surface area contributed by atoms with Crippen LogP contribution < -0.4 is 42.5 Å². The Morgan fingerprint density at radius 2 is 0.659 bits per heavy atom. The molecule has 44 heavy (non-hydrogen) atoms. The summed E-state index contributed by atoms with van der Waals surface area (Å²) in [5.74, 6) is 3.36. The van der Waals surface area contributed by atoms with Crippen LogP contribution in [0.5, 0.6) is 0 Å². The molecule has 5 heterocycles. The summed E-state index contributed by atoms with van der Waals surface area (Å²) >= 11 is 0. The van der Waals surface area contributed by atoms with Crippen molar-refractivity contribution in [3.05, 3.63) is 0 Å². The molecule has 0 spiro atoms. The average Bonchev–Trinajstić information content (AvgIpc) is 3.76. The molecule has 0 aromatic carbocycles. The zero-order valence-electron chi connectivity index (χ0n) is 26.1. The van der Waals surface area contributed by atoms with Gasteiger partial charge in [0.1, 0.15) is 0 Å². The zero-order chi connectivity index (χ0) is 28.7. The van der Waals surface area contributed by atoms with Crippen molar-refractivity contribution in [1.82, 2.24) is 42.5 Å². The molecular formula is C33H56FeN8O2. The van der Waals surface area contributed by atoms with Gasteiger partial charge in [-0.3, -0.25) is 47.3 Å². The number of carboxylic acid groups (broad SMARTS) is 1. The van der Waals surface area contributed by atoms with Gasteiger partial charge in [-0.2, -0.15) is 0 Å². The van der Waals surface area contributed by atoms with Gasteiger partial charge in [0.15, 0.2) is 0 Å². The normalized spacial score (nSPS) is 54.8. The van der Waals surface area contributed by atoms with E-state index in [1.54, 1.807) is 0 Å². The monoisotopic (exact) mass is 652 g/mol. The second-order valence-corrected chi connectivity index (χ2v) is 16.1. The number of aliphatic carboxylic acids is 1. The maximum atomic E-state index is 12.6. The van der Waals surface area contributed by atoms with Gasteiger partial charge in [0.25, 0.3) is 0 Å². The van der Waals surface area contributed by atoms with Crippen LogP contribution in [-0.2, 0) is 21.9 Å². The third kappa shape index (κ3) is 5.24. The van der Waals surface area contributed by atoms with E-state index in [0.29, 0.717) is 66.1 Å². The van der Waals surface area contributed by atoms with Crippen molar-refractivity contribution in [3.8, 4) is 0 Å². The van der Waals surface area contributed by atoms with Crippen LogP contribution in [0.2, 0.25) is 0 Å². The number of fused-ring (bicyclic) bond motifs is 20. The minimum Gasteiger partial charge on any atom is -0.481 e. The zero-order valence-corrected chi connectivity index (χ0v) is 27.2. The van der Waals surface area contributed by atoms with Gasteiger partial charge in [-0.1, -0.05) is 44.9 Å². The Morgan fingerprint density at radius 3 is 0.977 bits per heavy atom. The molecule has 4 aliphatic carbocycles. The van der Waals surface area contributed by atoms with Crippen LogP contribution >= 0.6 is 0 Å². The summed E-state index contributed by atoms with van der Waals surface area (Å²) in [5.41, 5.74) is 0. The smallest absolute Gasteiger partial charge is 0.306 e. The molecule has 0 aromatic rings. The molecule has 248 valence electrons. The minimum absolute atomic E-state index is 0. The molecule has 5 saturated heterocycles. The maximum absolute atomic E-state index is 12.6. The number of carbonyl (C=O) groups is 1. The molecule has 0 amide bonds. The molecule has 17 atom stereocenters. The van der Waals surface area contributed by atoms with Crippen LogP contribution in [0.4, 0.5) is 0 Å². The van der Waals surface area contributed by atoms with E-state index in [9.17, 15) is 9.90 Å². The second-order valence-electron chi connectivity index (χ2n) is 16.1. The molecule has 9 fully saturated rings. The van der Waals surface area contributed by atoms with Crippen molar-refractivity contribution in [1.29, 1.82) is 0 Å². The van der Waals surface area contributed by atoms with Crippen LogP contribution in [0.15, 0.2) is 0 Å². The van der Waals surface area contributed by atoms with Crippen molar-refractivity contribution in [2.45, 2.75) is 146 Å². The number of nitrogens with one attached hydrogen (secondary N) is 8. The Bertz CT molecular complexity index is 1050. The van der Waals surface area contributed by atoms with Gasteiger partial charge in [-0.15, -0.1) is 0 Å². The fraction of sp³-hybridized carbons (Fsp3) is 0.970. The number of carboxylic acids is 1. The molecule has 8 bridgehead atoms. The molecule has 17 unspecified atom stereocenters. The molecule has 11 heteroatoms. The van der Waals surface area contributed by atoms with Crippen LogP contribution in [0.1, 0.15) is 96.3 Å². The summed E-state index contributed by atoms with van der Waals surface area (Å²) in [6.07, 6.45) is 20.5. The van der Waals surface area contributed by atoms with Crippen molar-refractivity contribution >= 4 is 5.97 Å². The summed E-state index contributed by atoms with van der Waals surface area (Å²) in [6, 6.07) is 0. The van der Waals surface area contributed by atoms with E-state index >= 15 is 0 Å². The third-order valence-corrected chi connectivity index (χ3v) is 14.2. The van der Waals surface area contributed by atoms with Gasteiger partial charge in [-0.25, -0.2) is 0 Å². The molecule has 9 aliphatic rings. The average molecular weight is 653 g/mol. The SMILES string of the molecule is O=C(O)C1CCCC2C3NC4NC(NC5NC(NC6NC(NC(N3)C12)C1CCCCC61)C1CCCCC51)C1CCCCC41.[Fe]. The van der Waals surface area contributed by atoms with Crippen molar-refractivity contribution in [2.75, 3.05) is 0 Å². The Balaban J connectivity index is 0.00000289. The molecule has 0 aromatic heterocycles. The molecule has 9 N–H and O–H groups in total. The number of hydrogen-bond donors (Lipinski definition) is 9. The van der Waals surface area contributed by atoms with Crippen LogP contribution in [0.25, 0.3) is 0 Å². The van der Waals surface area contributed by atoms with E-state index in [4.69, 9.17) is 0 Å². The number of hydrogen-bond acceptors (Lipinski definition) is 9. The van der Waals surface area contributed by atoms with E-state index in [2.05, 4.69) is 42.5 Å². The fourth-order valence-corrected chi connectivity index (χ4v) is 12.3.